The van der Waals surface area contributed by atoms with E-state index in [1.165, 1.54) is 0 Å². The summed E-state index contributed by atoms with van der Waals surface area (Å²) in [7, 11) is -7.19. The molecule has 0 atom stereocenters. The van der Waals surface area contributed by atoms with Crippen molar-refractivity contribution in [3.8, 4) is 11.1 Å². The molecule has 0 bridgehead atoms. The molecule has 0 aliphatic heterocycles. The van der Waals surface area contributed by atoms with Crippen LogP contribution in [0, 0.1) is 6.92 Å². The maximum absolute atomic E-state index is 12.9. The highest BCUT2D eigenvalue weighted by Gasteiger charge is 2.20. The van der Waals surface area contributed by atoms with Gasteiger partial charge in [-0.25, -0.2) is 16.8 Å². The SMILES string of the molecule is Cc1cc(-c2ccc(S(=O)(=O)c3ccccc3)cc2)ccc1S(=O)(=O)c1ccccc1. The summed E-state index contributed by atoms with van der Waals surface area (Å²) >= 11 is 0. The molecule has 0 amide bonds. The van der Waals surface area contributed by atoms with Gasteiger partial charge >= 0.3 is 0 Å². The third kappa shape index (κ3) is 4.04. The molecule has 0 radical (unpaired) electrons. The maximum atomic E-state index is 12.9. The number of benzene rings is 4. The summed E-state index contributed by atoms with van der Waals surface area (Å²) in [5.74, 6) is 0. The molecule has 0 saturated carbocycles. The standard InChI is InChI=1S/C25H20O4S2/c1-19-18-21(14-17-25(19)31(28,29)23-10-6-3-7-11-23)20-12-15-24(16-13-20)30(26,27)22-8-4-2-5-9-22/h2-18H,1H3. The fourth-order valence-electron chi connectivity index (χ4n) is 3.42. The van der Waals surface area contributed by atoms with E-state index < -0.39 is 19.7 Å². The molecule has 6 heteroatoms. The van der Waals surface area contributed by atoms with Crippen molar-refractivity contribution < 1.29 is 16.8 Å². The second-order valence-corrected chi connectivity index (χ2v) is 11.0. The molecular weight excluding hydrogens is 428 g/mol. The van der Waals surface area contributed by atoms with E-state index in [-0.39, 0.29) is 19.6 Å². The topological polar surface area (TPSA) is 68.3 Å². The first-order valence-corrected chi connectivity index (χ1v) is 12.6. The predicted octanol–water partition coefficient (Wildman–Crippen LogP) is 5.33. The third-order valence-electron chi connectivity index (χ3n) is 5.07. The smallest absolute Gasteiger partial charge is 0.206 e. The minimum atomic E-state index is -3.60. The summed E-state index contributed by atoms with van der Waals surface area (Å²) in [6.07, 6.45) is 0. The molecule has 0 unspecified atom stereocenters. The van der Waals surface area contributed by atoms with E-state index in [0.29, 0.717) is 5.56 Å². The highest BCUT2D eigenvalue weighted by atomic mass is 32.2. The lowest BCUT2D eigenvalue weighted by atomic mass is 10.0. The van der Waals surface area contributed by atoms with Crippen LogP contribution in [0.1, 0.15) is 5.56 Å². The van der Waals surface area contributed by atoms with E-state index in [9.17, 15) is 16.8 Å². The Labute approximate surface area is 182 Å². The zero-order valence-electron chi connectivity index (χ0n) is 16.8. The van der Waals surface area contributed by atoms with Crippen molar-refractivity contribution in [3.63, 3.8) is 0 Å². The molecule has 0 heterocycles. The largest absolute Gasteiger partial charge is 0.219 e. The van der Waals surface area contributed by atoms with Crippen LogP contribution in [0.25, 0.3) is 11.1 Å². The summed E-state index contributed by atoms with van der Waals surface area (Å²) < 4.78 is 51.4. The van der Waals surface area contributed by atoms with Crippen LogP contribution in [-0.4, -0.2) is 16.8 Å². The average Bonchev–Trinajstić information content (AvgIpc) is 2.80. The van der Waals surface area contributed by atoms with Crippen LogP contribution in [0.3, 0.4) is 0 Å². The van der Waals surface area contributed by atoms with Gasteiger partial charge in [0.15, 0.2) is 0 Å². The molecule has 0 N–H and O–H groups in total. The van der Waals surface area contributed by atoms with Gasteiger partial charge in [-0.1, -0.05) is 60.7 Å². The van der Waals surface area contributed by atoms with Gasteiger partial charge in [0.1, 0.15) is 0 Å². The first-order valence-electron chi connectivity index (χ1n) is 9.61. The minimum absolute atomic E-state index is 0.211. The third-order valence-corrected chi connectivity index (χ3v) is 8.78. The van der Waals surface area contributed by atoms with Crippen molar-refractivity contribution in [2.24, 2.45) is 0 Å². The second kappa shape index (κ2) is 8.13. The van der Waals surface area contributed by atoms with Crippen molar-refractivity contribution in [2.75, 3.05) is 0 Å². The van der Waals surface area contributed by atoms with E-state index in [1.807, 2.05) is 0 Å². The van der Waals surface area contributed by atoms with Gasteiger partial charge in [-0.15, -0.1) is 0 Å². The van der Waals surface area contributed by atoms with Gasteiger partial charge in [0, 0.05) is 0 Å². The Morgan fingerprint density at radius 2 is 0.935 bits per heavy atom. The predicted molar refractivity (Wildman–Crippen MR) is 120 cm³/mol. The van der Waals surface area contributed by atoms with Gasteiger partial charge < -0.3 is 0 Å². The normalized spacial score (nSPS) is 11.9. The maximum Gasteiger partial charge on any atom is 0.206 e. The molecule has 4 aromatic rings. The molecule has 31 heavy (non-hydrogen) atoms. The Hall–Kier alpha value is -3.22. The Morgan fingerprint density at radius 1 is 0.484 bits per heavy atom. The van der Waals surface area contributed by atoms with Crippen LogP contribution in [0.5, 0.6) is 0 Å². The number of sulfone groups is 2. The molecule has 4 nitrogen and oxygen atoms in total. The quantitative estimate of drug-likeness (QED) is 0.414. The highest BCUT2D eigenvalue weighted by Crippen LogP contribution is 2.29. The summed E-state index contributed by atoms with van der Waals surface area (Å²) in [5.41, 5.74) is 2.24. The van der Waals surface area contributed by atoms with Gasteiger partial charge in [-0.05, 0) is 66.1 Å². The summed E-state index contributed by atoms with van der Waals surface area (Å²) in [6.45, 7) is 1.76. The summed E-state index contributed by atoms with van der Waals surface area (Å²) in [6, 6.07) is 28.4. The van der Waals surface area contributed by atoms with Crippen molar-refractivity contribution in [3.05, 3.63) is 109 Å². The zero-order valence-corrected chi connectivity index (χ0v) is 18.4. The monoisotopic (exact) mass is 448 g/mol. The van der Waals surface area contributed by atoms with Crippen LogP contribution in [0.15, 0.2) is 123 Å². The minimum Gasteiger partial charge on any atom is -0.219 e. The Balaban J connectivity index is 1.67. The lowest BCUT2D eigenvalue weighted by Crippen LogP contribution is -2.04. The highest BCUT2D eigenvalue weighted by molar-refractivity contribution is 7.91. The van der Waals surface area contributed by atoms with Crippen LogP contribution in [0.4, 0.5) is 0 Å². The molecule has 0 spiro atoms. The summed E-state index contributed by atoms with van der Waals surface area (Å²) in [5, 5.41) is 0. The number of rotatable bonds is 5. The van der Waals surface area contributed by atoms with Gasteiger partial charge in [-0.2, -0.15) is 0 Å². The van der Waals surface area contributed by atoms with Crippen molar-refractivity contribution in [2.45, 2.75) is 26.5 Å². The van der Waals surface area contributed by atoms with E-state index in [0.717, 1.165) is 11.1 Å². The Bertz CT molecular complexity index is 1420. The molecule has 0 aliphatic carbocycles. The van der Waals surface area contributed by atoms with Gasteiger partial charge in [-0.3, -0.25) is 0 Å². The fraction of sp³-hybridized carbons (Fsp3) is 0.0400. The molecule has 0 fully saturated rings. The van der Waals surface area contributed by atoms with E-state index in [4.69, 9.17) is 0 Å². The zero-order chi connectivity index (χ0) is 22.1. The number of hydrogen-bond donors (Lipinski definition) is 0. The van der Waals surface area contributed by atoms with Crippen molar-refractivity contribution >= 4 is 19.7 Å². The van der Waals surface area contributed by atoms with Gasteiger partial charge in [0.05, 0.1) is 19.6 Å². The van der Waals surface area contributed by atoms with Crippen molar-refractivity contribution in [1.82, 2.24) is 0 Å². The molecule has 0 saturated heterocycles. The van der Waals surface area contributed by atoms with Gasteiger partial charge in [0.2, 0.25) is 19.7 Å². The molecule has 0 aromatic heterocycles. The average molecular weight is 449 g/mol. The van der Waals surface area contributed by atoms with Crippen LogP contribution < -0.4 is 0 Å². The molecule has 4 rings (SSSR count). The number of aryl methyl sites for hydroxylation is 1. The van der Waals surface area contributed by atoms with Crippen LogP contribution in [-0.2, 0) is 19.7 Å². The molecular formula is C25H20O4S2. The molecule has 156 valence electrons. The number of hydrogen-bond acceptors (Lipinski definition) is 4. The lowest BCUT2D eigenvalue weighted by Gasteiger charge is -2.11. The first kappa shape index (κ1) is 21.0. The van der Waals surface area contributed by atoms with Crippen LogP contribution >= 0.6 is 0 Å². The van der Waals surface area contributed by atoms with Crippen molar-refractivity contribution in [1.29, 1.82) is 0 Å². The van der Waals surface area contributed by atoms with Crippen LogP contribution in [0.2, 0.25) is 0 Å². The second-order valence-electron chi connectivity index (χ2n) is 7.14. The van der Waals surface area contributed by atoms with E-state index >= 15 is 0 Å². The Morgan fingerprint density at radius 3 is 1.45 bits per heavy atom. The van der Waals surface area contributed by atoms with E-state index in [2.05, 4.69) is 0 Å². The fourth-order valence-corrected chi connectivity index (χ4v) is 6.20. The molecule has 0 aliphatic rings. The summed E-state index contributed by atoms with van der Waals surface area (Å²) in [4.78, 5) is 0.962. The lowest BCUT2D eigenvalue weighted by molar-refractivity contribution is 0.594. The Kier molecular flexibility index (Phi) is 5.52. The molecule has 4 aromatic carbocycles. The van der Waals surface area contributed by atoms with E-state index in [1.54, 1.807) is 110 Å². The first-order chi connectivity index (χ1) is 14.8. The van der Waals surface area contributed by atoms with Gasteiger partial charge in [0.25, 0.3) is 0 Å².